The monoisotopic (exact) mass is 547 g/mol. The summed E-state index contributed by atoms with van der Waals surface area (Å²) < 4.78 is 16.0. The highest BCUT2D eigenvalue weighted by Crippen LogP contribution is 2.52. The van der Waals surface area contributed by atoms with Crippen molar-refractivity contribution in [2.24, 2.45) is 5.14 Å². The lowest BCUT2D eigenvalue weighted by Gasteiger charge is -2.25. The van der Waals surface area contributed by atoms with Gasteiger partial charge in [-0.05, 0) is 77.9 Å². The molecule has 0 saturated heterocycles. The van der Waals surface area contributed by atoms with Crippen LogP contribution in [0.2, 0.25) is 0 Å². The molecule has 204 valence electrons. The highest BCUT2D eigenvalue weighted by atomic mass is 32.2. The summed E-state index contributed by atoms with van der Waals surface area (Å²) in [7, 11) is 4.46. The number of anilines is 1. The number of nitrogens with one attached hydrogen (secondary N) is 1. The van der Waals surface area contributed by atoms with Crippen molar-refractivity contribution in [1.29, 1.82) is 0 Å². The van der Waals surface area contributed by atoms with Gasteiger partial charge in [-0.1, -0.05) is 31.0 Å². The summed E-state index contributed by atoms with van der Waals surface area (Å²) in [4.78, 5) is 29.0. The Morgan fingerprint density at radius 1 is 0.974 bits per heavy atom. The Bertz CT molecular complexity index is 1390. The van der Waals surface area contributed by atoms with Crippen molar-refractivity contribution < 1.29 is 23.8 Å². The largest absolute Gasteiger partial charge is 0.493 e. The number of hydrogen-bond acceptors (Lipinski definition) is 7. The number of ether oxygens (including phenoxy) is 3. The number of amides is 2. The van der Waals surface area contributed by atoms with Crippen LogP contribution in [0.4, 0.5) is 10.5 Å². The van der Waals surface area contributed by atoms with Crippen LogP contribution in [-0.4, -0.2) is 39.9 Å². The van der Waals surface area contributed by atoms with E-state index < -0.39 is 5.97 Å². The maximum atomic E-state index is 13.4. The smallest absolute Gasteiger partial charge is 0.338 e. The molecule has 1 saturated carbocycles. The van der Waals surface area contributed by atoms with Crippen LogP contribution < -0.4 is 24.8 Å². The van der Waals surface area contributed by atoms with E-state index in [1.807, 2.05) is 47.4 Å². The van der Waals surface area contributed by atoms with E-state index in [0.29, 0.717) is 35.7 Å². The molecule has 3 aromatic rings. The average molecular weight is 548 g/mol. The van der Waals surface area contributed by atoms with Crippen LogP contribution in [0.25, 0.3) is 11.1 Å². The van der Waals surface area contributed by atoms with Gasteiger partial charge in [-0.3, -0.25) is 10.0 Å². The molecule has 1 aliphatic heterocycles. The molecule has 1 aliphatic carbocycles. The Hall–Kier alpha value is -3.69. The van der Waals surface area contributed by atoms with E-state index in [2.05, 4.69) is 11.4 Å². The maximum absolute atomic E-state index is 13.4. The van der Waals surface area contributed by atoms with Crippen molar-refractivity contribution >= 4 is 29.6 Å². The zero-order valence-corrected chi connectivity index (χ0v) is 23.2. The highest BCUT2D eigenvalue weighted by Gasteiger charge is 2.46. The third kappa shape index (κ3) is 5.04. The van der Waals surface area contributed by atoms with Gasteiger partial charge in [0.2, 0.25) is 0 Å². The normalized spacial score (nSPS) is 15.2. The molecule has 1 fully saturated rings. The van der Waals surface area contributed by atoms with E-state index in [-0.39, 0.29) is 11.4 Å². The minimum atomic E-state index is -0.457. The van der Waals surface area contributed by atoms with E-state index >= 15 is 0 Å². The first-order valence-corrected chi connectivity index (χ1v) is 13.8. The fraction of sp³-hybridized carbons (Fsp3) is 0.333. The zero-order valence-electron chi connectivity index (χ0n) is 22.4. The van der Waals surface area contributed by atoms with Gasteiger partial charge in [0.25, 0.3) is 0 Å². The summed E-state index contributed by atoms with van der Waals surface area (Å²) in [6, 6.07) is 17.2. The Morgan fingerprint density at radius 3 is 2.31 bits per heavy atom. The van der Waals surface area contributed by atoms with Crippen LogP contribution in [0.15, 0.2) is 59.5 Å². The Morgan fingerprint density at radius 2 is 1.67 bits per heavy atom. The summed E-state index contributed by atoms with van der Waals surface area (Å²) in [5.74, 6) is 0.519. The van der Waals surface area contributed by atoms with E-state index in [1.165, 1.54) is 26.2 Å². The topological polar surface area (TPSA) is 103 Å². The van der Waals surface area contributed by atoms with Crippen LogP contribution in [0, 0.1) is 0 Å². The van der Waals surface area contributed by atoms with Gasteiger partial charge in [-0.25, -0.2) is 9.59 Å². The molecule has 2 aliphatic rings. The number of nitrogens with two attached hydrogens (primary N) is 1. The molecule has 0 aromatic heterocycles. The van der Waals surface area contributed by atoms with Crippen molar-refractivity contribution in [2.75, 3.05) is 32.8 Å². The lowest BCUT2D eigenvalue weighted by atomic mass is 9.79. The number of benzene rings is 3. The lowest BCUT2D eigenvalue weighted by molar-refractivity contribution is 0.0601. The summed E-state index contributed by atoms with van der Waals surface area (Å²) >= 11 is 1.20. The van der Waals surface area contributed by atoms with Crippen molar-refractivity contribution in [3.63, 3.8) is 0 Å². The van der Waals surface area contributed by atoms with Gasteiger partial charge in [-0.2, -0.15) is 0 Å². The molecular formula is C30H33N3O5S. The van der Waals surface area contributed by atoms with E-state index in [0.717, 1.165) is 53.0 Å². The van der Waals surface area contributed by atoms with Gasteiger partial charge >= 0.3 is 12.0 Å². The second kappa shape index (κ2) is 11.2. The fourth-order valence-electron chi connectivity index (χ4n) is 5.85. The quantitative estimate of drug-likeness (QED) is 0.290. The van der Waals surface area contributed by atoms with Gasteiger partial charge in [-0.15, -0.1) is 0 Å². The third-order valence-corrected chi connectivity index (χ3v) is 8.41. The number of fused-ring (bicyclic) bond motifs is 2. The van der Waals surface area contributed by atoms with Gasteiger partial charge in [0.1, 0.15) is 0 Å². The van der Waals surface area contributed by atoms with Crippen LogP contribution >= 0.6 is 11.9 Å². The average Bonchev–Trinajstić information content (AvgIpc) is 3.59. The predicted octanol–water partition coefficient (Wildman–Crippen LogP) is 5.66. The molecule has 9 heteroatoms. The number of esters is 1. The first-order valence-electron chi connectivity index (χ1n) is 12.9. The van der Waals surface area contributed by atoms with Crippen molar-refractivity contribution in [1.82, 2.24) is 5.32 Å². The van der Waals surface area contributed by atoms with E-state index in [1.54, 1.807) is 13.2 Å². The molecule has 3 N–H and O–H groups in total. The number of nitrogens with zero attached hydrogens (tertiary/aromatic N) is 1. The number of carbonyl (C=O) groups is 2. The van der Waals surface area contributed by atoms with Gasteiger partial charge in [0.15, 0.2) is 11.5 Å². The molecule has 0 radical (unpaired) electrons. The van der Waals surface area contributed by atoms with Gasteiger partial charge in [0, 0.05) is 34.7 Å². The molecule has 0 unspecified atom stereocenters. The number of urea groups is 1. The molecule has 0 bridgehead atoms. The van der Waals surface area contributed by atoms with Crippen molar-refractivity contribution in [3.8, 4) is 22.6 Å². The van der Waals surface area contributed by atoms with Gasteiger partial charge < -0.3 is 19.5 Å². The van der Waals surface area contributed by atoms with Crippen molar-refractivity contribution in [2.45, 2.75) is 42.5 Å². The lowest BCUT2D eigenvalue weighted by Crippen LogP contribution is -2.41. The highest BCUT2D eigenvalue weighted by molar-refractivity contribution is 7.97. The third-order valence-electron chi connectivity index (χ3n) is 7.87. The van der Waals surface area contributed by atoms with Crippen LogP contribution in [0.1, 0.15) is 47.2 Å². The molecule has 8 nitrogen and oxygen atoms in total. The van der Waals surface area contributed by atoms with Crippen molar-refractivity contribution in [3.05, 3.63) is 71.3 Å². The number of carbonyl (C=O) groups excluding carboxylic acids is 2. The fourth-order valence-corrected chi connectivity index (χ4v) is 6.15. The molecule has 39 heavy (non-hydrogen) atoms. The molecule has 0 atom stereocenters. The molecule has 1 spiro atoms. The van der Waals surface area contributed by atoms with Crippen LogP contribution in [-0.2, 0) is 16.7 Å². The Labute approximate surface area is 232 Å². The maximum Gasteiger partial charge on any atom is 0.338 e. The predicted molar refractivity (Wildman–Crippen MR) is 153 cm³/mol. The number of methoxy groups -OCH3 is 3. The molecule has 2 amide bonds. The first-order chi connectivity index (χ1) is 18.9. The number of hydrogen-bond donors (Lipinski definition) is 2. The summed E-state index contributed by atoms with van der Waals surface area (Å²) in [6.07, 6.45) is 4.27. The molecule has 1 heterocycles. The summed E-state index contributed by atoms with van der Waals surface area (Å²) in [5.41, 5.74) is 4.90. The van der Waals surface area contributed by atoms with Crippen LogP contribution in [0.3, 0.4) is 0 Å². The van der Waals surface area contributed by atoms with E-state index in [9.17, 15) is 9.59 Å². The minimum Gasteiger partial charge on any atom is -0.493 e. The summed E-state index contributed by atoms with van der Waals surface area (Å²) in [6.45, 7) is 1.07. The Kier molecular flexibility index (Phi) is 7.72. The second-order valence-electron chi connectivity index (χ2n) is 9.97. The van der Waals surface area contributed by atoms with Crippen LogP contribution in [0.5, 0.6) is 11.5 Å². The van der Waals surface area contributed by atoms with E-state index in [4.69, 9.17) is 19.3 Å². The summed E-state index contributed by atoms with van der Waals surface area (Å²) in [5, 5.41) is 8.71. The minimum absolute atomic E-state index is 0.106. The standard InChI is InChI=1S/C30H33N3O5S/c1-36-26-15-22(23(28(34)38-3)16-27(26)37-2)20-8-11-25-24(14-20)30(12-4-5-13-30)18-33(25)29(35)32-17-19-6-9-21(39-31)10-7-19/h6-11,14-16H,4-5,12-13,17-18,31H2,1-3H3,(H,32,35). The molecule has 3 aromatic carbocycles. The molecular weight excluding hydrogens is 514 g/mol. The first kappa shape index (κ1) is 26.9. The molecule has 5 rings (SSSR count). The zero-order chi connectivity index (χ0) is 27.6. The number of rotatable bonds is 7. The van der Waals surface area contributed by atoms with Gasteiger partial charge in [0.05, 0.1) is 26.9 Å². The SMILES string of the molecule is COC(=O)c1cc(OC)c(OC)cc1-c1ccc2c(c1)C1(CCCC1)CN2C(=O)NCc1ccc(SN)cc1. The second-order valence-corrected chi connectivity index (χ2v) is 10.7. The Balaban J connectivity index is 1.49.